The molecule has 0 aliphatic rings. The summed E-state index contributed by atoms with van der Waals surface area (Å²) in [7, 11) is -14.3. The van der Waals surface area contributed by atoms with Crippen LogP contribution in [0.1, 0.15) is 0 Å². The normalized spacial score (nSPS) is 13.6. The second-order valence-corrected chi connectivity index (χ2v) is 14.8. The molecule has 10 heteroatoms. The third-order valence-corrected chi connectivity index (χ3v) is 15.9. The lowest BCUT2D eigenvalue weighted by molar-refractivity contribution is 0.572. The molecule has 0 fully saturated rings. The molecule has 0 bridgehead atoms. The first kappa shape index (κ1) is 19.1. The van der Waals surface area contributed by atoms with Crippen molar-refractivity contribution in [3.63, 3.8) is 0 Å². The van der Waals surface area contributed by atoms with E-state index in [4.69, 9.17) is 0 Å². The summed E-state index contributed by atoms with van der Waals surface area (Å²) in [5.74, 6) is 0. The van der Waals surface area contributed by atoms with Crippen molar-refractivity contribution < 1.29 is 25.3 Å². The standard InChI is InChI=1S/C14H13BrO6S3/c1-22(16,17)14(15,23(18,19)12-8-4-2-5-9-12)24(20,21)13-10-6-3-7-11-13/h2-11H,1H3. The van der Waals surface area contributed by atoms with Gasteiger partial charge in [-0.05, 0) is 40.2 Å². The summed E-state index contributed by atoms with van der Waals surface area (Å²) in [5, 5.41) is 0. The minimum absolute atomic E-state index is 0.424. The lowest BCUT2D eigenvalue weighted by Crippen LogP contribution is -2.47. The number of rotatable bonds is 5. The molecule has 0 spiro atoms. The fraction of sp³-hybridized carbons (Fsp3) is 0.143. The van der Waals surface area contributed by atoms with Crippen LogP contribution >= 0.6 is 15.9 Å². The molecular formula is C14H13BrO6S3. The van der Waals surface area contributed by atoms with E-state index in [-0.39, 0.29) is 0 Å². The van der Waals surface area contributed by atoms with Crippen LogP contribution in [-0.2, 0) is 29.5 Å². The van der Waals surface area contributed by atoms with Gasteiger partial charge in [0.05, 0.1) is 9.79 Å². The molecule has 0 N–H and O–H groups in total. The Morgan fingerprint density at radius 3 is 1.21 bits per heavy atom. The van der Waals surface area contributed by atoms with Crippen molar-refractivity contribution in [1.29, 1.82) is 0 Å². The van der Waals surface area contributed by atoms with Crippen LogP contribution in [0.15, 0.2) is 70.5 Å². The molecule has 130 valence electrons. The number of sulfone groups is 3. The van der Waals surface area contributed by atoms with Gasteiger partial charge in [-0.1, -0.05) is 36.4 Å². The van der Waals surface area contributed by atoms with E-state index in [0.717, 1.165) is 24.3 Å². The van der Waals surface area contributed by atoms with Crippen molar-refractivity contribution in [1.82, 2.24) is 0 Å². The summed E-state index contributed by atoms with van der Waals surface area (Å²) in [6.07, 6.45) is 0.558. The van der Waals surface area contributed by atoms with Gasteiger partial charge >= 0.3 is 2.32 Å². The van der Waals surface area contributed by atoms with Crippen LogP contribution in [0, 0.1) is 0 Å². The monoisotopic (exact) mass is 452 g/mol. The Kier molecular flexibility index (Phi) is 4.97. The van der Waals surface area contributed by atoms with Gasteiger partial charge < -0.3 is 0 Å². The Labute approximate surface area is 149 Å². The van der Waals surface area contributed by atoms with E-state index in [1.807, 2.05) is 0 Å². The molecule has 2 rings (SSSR count). The Morgan fingerprint density at radius 2 is 0.958 bits per heavy atom. The fourth-order valence-electron chi connectivity index (χ4n) is 2.02. The highest BCUT2D eigenvalue weighted by molar-refractivity contribution is 9.15. The molecule has 2 aromatic rings. The van der Waals surface area contributed by atoms with Crippen molar-refractivity contribution in [3.8, 4) is 0 Å². The van der Waals surface area contributed by atoms with Crippen LogP contribution < -0.4 is 0 Å². The first-order chi connectivity index (χ1) is 11.0. The number of hydrogen-bond acceptors (Lipinski definition) is 6. The molecule has 0 aliphatic heterocycles. The second kappa shape index (κ2) is 6.25. The molecule has 0 unspecified atom stereocenters. The Bertz CT molecular complexity index is 975. The summed E-state index contributed by atoms with van der Waals surface area (Å²) in [4.78, 5) is -0.849. The quantitative estimate of drug-likeness (QED) is 0.642. The zero-order valence-electron chi connectivity index (χ0n) is 12.3. The molecular weight excluding hydrogens is 440 g/mol. The van der Waals surface area contributed by atoms with Crippen LogP contribution in [0.3, 0.4) is 0 Å². The van der Waals surface area contributed by atoms with Crippen molar-refractivity contribution in [2.24, 2.45) is 0 Å². The molecule has 0 heterocycles. The van der Waals surface area contributed by atoms with E-state index >= 15 is 0 Å². The van der Waals surface area contributed by atoms with E-state index in [0.29, 0.717) is 6.26 Å². The minimum Gasteiger partial charge on any atom is -0.225 e. The largest absolute Gasteiger partial charge is 0.333 e. The predicted octanol–water partition coefficient (Wildman–Crippen LogP) is 1.99. The molecule has 0 atom stereocenters. The molecule has 0 radical (unpaired) electrons. The molecule has 6 nitrogen and oxygen atoms in total. The van der Waals surface area contributed by atoms with Crippen molar-refractivity contribution in [2.45, 2.75) is 12.1 Å². The van der Waals surface area contributed by atoms with Gasteiger partial charge in [0.1, 0.15) is 0 Å². The van der Waals surface area contributed by atoms with Gasteiger partial charge in [-0.25, -0.2) is 25.3 Å². The molecule has 0 saturated heterocycles. The molecule has 0 amide bonds. The maximum atomic E-state index is 12.9. The number of alkyl halides is 1. The van der Waals surface area contributed by atoms with Gasteiger partial charge in [0, 0.05) is 6.26 Å². The van der Waals surface area contributed by atoms with Gasteiger partial charge in [-0.3, -0.25) is 0 Å². The molecule has 24 heavy (non-hydrogen) atoms. The maximum Gasteiger partial charge on any atom is 0.333 e. The summed E-state index contributed by atoms with van der Waals surface area (Å²) in [6, 6.07) is 13.1. The zero-order chi connectivity index (χ0) is 18.2. The van der Waals surface area contributed by atoms with Gasteiger partial charge in [0.2, 0.25) is 19.7 Å². The molecule has 2 aromatic carbocycles. The average molecular weight is 453 g/mol. The molecule has 0 aromatic heterocycles. The third kappa shape index (κ3) is 2.81. The average Bonchev–Trinajstić information content (AvgIpc) is 2.54. The van der Waals surface area contributed by atoms with E-state index in [9.17, 15) is 25.3 Å². The molecule has 0 saturated carbocycles. The van der Waals surface area contributed by atoms with Crippen molar-refractivity contribution in [3.05, 3.63) is 60.7 Å². The number of halogens is 1. The smallest absolute Gasteiger partial charge is 0.225 e. The third-order valence-electron chi connectivity index (χ3n) is 3.19. The second-order valence-electron chi connectivity index (χ2n) is 4.89. The van der Waals surface area contributed by atoms with Crippen LogP contribution in [0.5, 0.6) is 0 Å². The first-order valence-electron chi connectivity index (χ1n) is 6.44. The van der Waals surface area contributed by atoms with Crippen molar-refractivity contribution in [2.75, 3.05) is 6.26 Å². The Hall–Kier alpha value is -1.23. The van der Waals surface area contributed by atoms with E-state index in [1.54, 1.807) is 0 Å². The SMILES string of the molecule is CS(=O)(=O)C(Br)(S(=O)(=O)c1ccccc1)S(=O)(=O)c1ccccc1. The predicted molar refractivity (Wildman–Crippen MR) is 93.8 cm³/mol. The summed E-state index contributed by atoms with van der Waals surface area (Å²) in [5.41, 5.74) is 0. The van der Waals surface area contributed by atoms with Gasteiger partial charge in [0.15, 0.2) is 9.84 Å². The zero-order valence-corrected chi connectivity index (χ0v) is 16.4. The highest BCUT2D eigenvalue weighted by Gasteiger charge is 2.62. The summed E-state index contributed by atoms with van der Waals surface area (Å²) >= 11 is 2.56. The van der Waals surface area contributed by atoms with Gasteiger partial charge in [0.25, 0.3) is 0 Å². The van der Waals surface area contributed by atoms with Gasteiger partial charge in [-0.2, -0.15) is 0 Å². The van der Waals surface area contributed by atoms with Crippen LogP contribution in [0.2, 0.25) is 0 Å². The van der Waals surface area contributed by atoms with Crippen LogP contribution in [0.25, 0.3) is 0 Å². The van der Waals surface area contributed by atoms with Crippen LogP contribution in [0.4, 0.5) is 0 Å². The minimum atomic E-state index is -4.82. The van der Waals surface area contributed by atoms with Crippen molar-refractivity contribution >= 4 is 45.4 Å². The van der Waals surface area contributed by atoms with Crippen LogP contribution in [-0.4, -0.2) is 33.8 Å². The number of benzene rings is 2. The van der Waals surface area contributed by atoms with E-state index in [1.165, 1.54) is 36.4 Å². The van der Waals surface area contributed by atoms with E-state index in [2.05, 4.69) is 15.9 Å². The Morgan fingerprint density at radius 1 is 0.667 bits per heavy atom. The molecule has 0 aliphatic carbocycles. The number of hydrogen-bond donors (Lipinski definition) is 0. The summed E-state index contributed by atoms with van der Waals surface area (Å²) < 4.78 is 73.0. The lowest BCUT2D eigenvalue weighted by atomic mass is 10.4. The first-order valence-corrected chi connectivity index (χ1v) is 12.1. The topological polar surface area (TPSA) is 102 Å². The highest BCUT2D eigenvalue weighted by Crippen LogP contribution is 2.44. The van der Waals surface area contributed by atoms with E-state index < -0.39 is 41.6 Å². The van der Waals surface area contributed by atoms with Gasteiger partial charge in [-0.15, -0.1) is 0 Å². The maximum absolute atomic E-state index is 12.9. The Balaban J connectivity index is 2.90. The highest BCUT2D eigenvalue weighted by atomic mass is 79.9. The summed E-state index contributed by atoms with van der Waals surface area (Å²) in [6.45, 7) is 0. The fourth-order valence-corrected chi connectivity index (χ4v) is 10.2. The lowest BCUT2D eigenvalue weighted by Gasteiger charge is -2.25.